The Morgan fingerprint density at radius 3 is 2.21 bits per heavy atom. The summed E-state index contributed by atoms with van der Waals surface area (Å²) in [5.74, 6) is 1.27. The number of hydrazine groups is 1. The quantitative estimate of drug-likeness (QED) is 0.260. The molecule has 0 spiro atoms. The van der Waals surface area contributed by atoms with Crippen molar-refractivity contribution >= 4 is 57.1 Å². The second-order valence-electron chi connectivity index (χ2n) is 5.19. The fourth-order valence-electron chi connectivity index (χ4n) is 2.01. The van der Waals surface area contributed by atoms with Gasteiger partial charge < -0.3 is 5.32 Å². The minimum atomic E-state index is -3.81. The molecule has 2 aromatic rings. The fraction of sp³-hybridized carbons (Fsp3) is 0.0588. The molecule has 0 saturated heterocycles. The number of nitrogens with one attached hydrogen (secondary N) is 4. The van der Waals surface area contributed by atoms with Crippen LogP contribution in [0.25, 0.3) is 0 Å². The molecule has 4 N–H and O–H groups in total. The standard InChI is InChI=1S/C17H16N4O5S2/c22-9-10-27-11-17(24)19-13-5-7-16(8-6-13)28(25,26)21-15-3-1-14(2-4-15)20-18-12-23/h1-8,10,12,20-21H,11H2,(H,18,23)(H,19,24). The summed E-state index contributed by atoms with van der Waals surface area (Å²) in [6.07, 6.45) is 0.476. The molecule has 0 radical (unpaired) electrons. The average Bonchev–Trinajstić information content (AvgIpc) is 2.68. The van der Waals surface area contributed by atoms with Crippen LogP contribution in [0.1, 0.15) is 0 Å². The first-order valence-corrected chi connectivity index (χ1v) is 10.3. The van der Waals surface area contributed by atoms with Gasteiger partial charge in [-0.25, -0.2) is 13.2 Å². The number of amides is 2. The first-order valence-electron chi connectivity index (χ1n) is 7.73. The summed E-state index contributed by atoms with van der Waals surface area (Å²) in [7, 11) is -3.81. The third-order valence-corrected chi connectivity index (χ3v) is 5.30. The normalized spacial score (nSPS) is 10.3. The zero-order valence-corrected chi connectivity index (χ0v) is 16.0. The van der Waals surface area contributed by atoms with E-state index >= 15 is 0 Å². The molecule has 0 unspecified atom stereocenters. The maximum Gasteiger partial charge on any atom is 0.261 e. The van der Waals surface area contributed by atoms with Crippen LogP contribution in [-0.4, -0.2) is 32.4 Å². The van der Waals surface area contributed by atoms with Crippen LogP contribution in [0.4, 0.5) is 17.1 Å². The van der Waals surface area contributed by atoms with Crippen molar-refractivity contribution in [3.8, 4) is 0 Å². The molecule has 0 aliphatic carbocycles. The lowest BCUT2D eigenvalue weighted by Gasteiger charge is -2.10. The molecular formula is C17H16N4O5S2. The molecule has 0 aromatic heterocycles. The molecule has 9 nitrogen and oxygen atoms in total. The van der Waals surface area contributed by atoms with E-state index in [0.717, 1.165) is 17.2 Å². The van der Waals surface area contributed by atoms with Gasteiger partial charge in [-0.1, -0.05) is 0 Å². The topological polar surface area (TPSA) is 133 Å². The summed E-state index contributed by atoms with van der Waals surface area (Å²) in [4.78, 5) is 32.0. The lowest BCUT2D eigenvalue weighted by molar-refractivity contribution is -0.113. The van der Waals surface area contributed by atoms with Crippen LogP contribution >= 0.6 is 11.8 Å². The first-order chi connectivity index (χ1) is 13.4. The highest BCUT2D eigenvalue weighted by Gasteiger charge is 2.14. The van der Waals surface area contributed by atoms with Crippen LogP contribution in [0.5, 0.6) is 0 Å². The number of benzene rings is 2. The minimum Gasteiger partial charge on any atom is -0.325 e. The van der Waals surface area contributed by atoms with Crippen molar-refractivity contribution in [3.63, 3.8) is 0 Å². The molecule has 146 valence electrons. The van der Waals surface area contributed by atoms with E-state index in [0.29, 0.717) is 23.5 Å². The van der Waals surface area contributed by atoms with Crippen LogP contribution in [0, 0.1) is 0 Å². The van der Waals surface area contributed by atoms with E-state index in [1.807, 2.05) is 0 Å². The van der Waals surface area contributed by atoms with Crippen molar-refractivity contribution in [2.75, 3.05) is 21.2 Å². The Morgan fingerprint density at radius 2 is 1.61 bits per heavy atom. The van der Waals surface area contributed by atoms with Gasteiger partial charge in [0.15, 0.2) is 0 Å². The third kappa shape index (κ3) is 6.47. The van der Waals surface area contributed by atoms with Crippen LogP contribution in [0.3, 0.4) is 0 Å². The van der Waals surface area contributed by atoms with Gasteiger partial charge in [-0.05, 0) is 48.5 Å². The van der Waals surface area contributed by atoms with Crippen LogP contribution < -0.4 is 20.9 Å². The first kappa shape index (κ1) is 21.0. The lowest BCUT2D eigenvalue weighted by atomic mass is 10.3. The van der Waals surface area contributed by atoms with Gasteiger partial charge in [0, 0.05) is 11.4 Å². The second kappa shape index (κ2) is 10.2. The van der Waals surface area contributed by atoms with Gasteiger partial charge in [0.2, 0.25) is 12.3 Å². The molecule has 0 fully saturated rings. The van der Waals surface area contributed by atoms with E-state index in [-0.39, 0.29) is 16.6 Å². The Bertz CT molecular complexity index is 970. The van der Waals surface area contributed by atoms with Gasteiger partial charge in [0.25, 0.3) is 10.0 Å². The van der Waals surface area contributed by atoms with Crippen molar-refractivity contribution in [1.82, 2.24) is 5.43 Å². The van der Waals surface area contributed by atoms with Gasteiger partial charge in [0.1, 0.15) is 5.94 Å². The SMILES string of the molecule is O=C=CSCC(=O)Nc1ccc(S(=O)(=O)Nc2ccc(NNC=O)cc2)cc1. The molecular weight excluding hydrogens is 404 g/mol. The zero-order valence-electron chi connectivity index (χ0n) is 14.3. The number of anilines is 3. The van der Waals surface area contributed by atoms with E-state index in [9.17, 15) is 22.8 Å². The Hall–Kier alpha value is -3.27. The average molecular weight is 420 g/mol. The highest BCUT2D eigenvalue weighted by atomic mass is 32.2. The minimum absolute atomic E-state index is 0.0218. The Kier molecular flexibility index (Phi) is 7.64. The smallest absolute Gasteiger partial charge is 0.261 e. The highest BCUT2D eigenvalue weighted by Crippen LogP contribution is 2.20. The largest absolute Gasteiger partial charge is 0.325 e. The van der Waals surface area contributed by atoms with Crippen LogP contribution in [0.2, 0.25) is 0 Å². The summed E-state index contributed by atoms with van der Waals surface area (Å²) in [5, 5.41) is 3.73. The van der Waals surface area contributed by atoms with E-state index in [1.165, 1.54) is 36.4 Å². The van der Waals surface area contributed by atoms with Crippen molar-refractivity contribution < 1.29 is 22.8 Å². The van der Waals surface area contributed by atoms with Crippen LogP contribution in [0.15, 0.2) is 58.8 Å². The third-order valence-electron chi connectivity index (χ3n) is 3.21. The number of rotatable bonds is 10. The number of hydrogen-bond acceptors (Lipinski definition) is 7. The molecule has 2 amide bonds. The van der Waals surface area contributed by atoms with Crippen molar-refractivity contribution in [1.29, 1.82) is 0 Å². The summed E-state index contributed by atoms with van der Waals surface area (Å²) in [5.41, 5.74) is 6.22. The highest BCUT2D eigenvalue weighted by molar-refractivity contribution is 8.03. The van der Waals surface area contributed by atoms with E-state index in [1.54, 1.807) is 18.1 Å². The number of carbonyl (C=O) groups is 2. The number of hydrogen-bond donors (Lipinski definition) is 4. The zero-order chi connectivity index (χ0) is 20.4. The van der Waals surface area contributed by atoms with Gasteiger partial charge in [0.05, 0.1) is 21.7 Å². The maximum absolute atomic E-state index is 12.4. The van der Waals surface area contributed by atoms with Gasteiger partial charge in [-0.3, -0.25) is 25.2 Å². The number of carbonyl (C=O) groups excluding carboxylic acids is 3. The van der Waals surface area contributed by atoms with E-state index in [4.69, 9.17) is 0 Å². The summed E-state index contributed by atoms with van der Waals surface area (Å²) >= 11 is 1.00. The Balaban J connectivity index is 2.00. The Labute approximate surface area is 165 Å². The van der Waals surface area contributed by atoms with Crippen molar-refractivity contribution in [2.45, 2.75) is 4.90 Å². The summed E-state index contributed by atoms with van der Waals surface area (Å²) in [6, 6.07) is 11.9. The molecule has 2 rings (SSSR count). The van der Waals surface area contributed by atoms with Gasteiger partial charge in [-0.2, -0.15) is 0 Å². The van der Waals surface area contributed by atoms with Crippen molar-refractivity contribution in [3.05, 3.63) is 53.9 Å². The monoisotopic (exact) mass is 420 g/mol. The van der Waals surface area contributed by atoms with E-state index < -0.39 is 10.0 Å². The van der Waals surface area contributed by atoms with Crippen LogP contribution in [-0.2, 0) is 24.4 Å². The lowest BCUT2D eigenvalue weighted by Crippen LogP contribution is -2.18. The molecule has 28 heavy (non-hydrogen) atoms. The van der Waals surface area contributed by atoms with E-state index in [2.05, 4.69) is 20.9 Å². The Morgan fingerprint density at radius 1 is 1.00 bits per heavy atom. The molecule has 0 atom stereocenters. The van der Waals surface area contributed by atoms with Crippen molar-refractivity contribution in [2.24, 2.45) is 0 Å². The molecule has 0 heterocycles. The second-order valence-corrected chi connectivity index (χ2v) is 7.73. The van der Waals surface area contributed by atoms with Gasteiger partial charge in [-0.15, -0.1) is 11.8 Å². The molecule has 11 heteroatoms. The summed E-state index contributed by atoms with van der Waals surface area (Å²) in [6.45, 7) is 0. The fourth-order valence-corrected chi connectivity index (χ4v) is 3.45. The maximum atomic E-state index is 12.4. The molecule has 2 aromatic carbocycles. The summed E-state index contributed by atoms with van der Waals surface area (Å²) < 4.78 is 27.3. The molecule has 0 bridgehead atoms. The van der Waals surface area contributed by atoms with Gasteiger partial charge >= 0.3 is 0 Å². The number of sulfonamides is 1. The molecule has 0 saturated carbocycles. The molecule has 0 aliphatic rings. The molecule has 0 aliphatic heterocycles. The number of thioether (sulfide) groups is 1. The predicted octanol–water partition coefficient (Wildman–Crippen LogP) is 1.58. The predicted molar refractivity (Wildman–Crippen MR) is 108 cm³/mol.